The van der Waals surface area contributed by atoms with Crippen LogP contribution in [-0.2, 0) is 0 Å². The Morgan fingerprint density at radius 1 is 0.800 bits per heavy atom. The van der Waals surface area contributed by atoms with Gasteiger partial charge < -0.3 is 0 Å². The van der Waals surface area contributed by atoms with E-state index < -0.39 is 17.4 Å². The molecule has 0 nitrogen and oxygen atoms in total. The summed E-state index contributed by atoms with van der Waals surface area (Å²) in [5, 5.41) is 5.76. The molecule has 0 fully saturated rings. The Hall–Kier alpha value is 1.15. The van der Waals surface area contributed by atoms with Gasteiger partial charge in [0.15, 0.2) is 0 Å². The van der Waals surface area contributed by atoms with Crippen LogP contribution >= 0.6 is 25.6 Å². The van der Waals surface area contributed by atoms with Crippen molar-refractivity contribution in [2.24, 2.45) is 0 Å². The first-order valence-electron chi connectivity index (χ1n) is 2.48. The molecule has 0 N–H and O–H groups in total. The van der Waals surface area contributed by atoms with Gasteiger partial charge in [0.1, 0.15) is 0 Å². The third-order valence-corrected chi connectivity index (χ3v) is 26.3. The third kappa shape index (κ3) is 5.90. The van der Waals surface area contributed by atoms with E-state index in [1.807, 2.05) is 41.8 Å². The SMILES string of the molecule is C=C[S][Bi]([S]C=C)[S]C=C. The van der Waals surface area contributed by atoms with Gasteiger partial charge in [-0.1, -0.05) is 0 Å². The molecule has 0 aliphatic heterocycles. The molecule has 56 valence electrons. The zero-order valence-corrected chi connectivity index (χ0v) is 11.5. The summed E-state index contributed by atoms with van der Waals surface area (Å²) in [6.07, 6.45) is 0. The maximum absolute atomic E-state index is 3.68. The van der Waals surface area contributed by atoms with Gasteiger partial charge in [0.05, 0.1) is 0 Å². The molecule has 0 rings (SSSR count). The van der Waals surface area contributed by atoms with E-state index in [1.165, 1.54) is 0 Å². The van der Waals surface area contributed by atoms with Gasteiger partial charge in [-0.25, -0.2) is 0 Å². The molecule has 4 heteroatoms. The Morgan fingerprint density at radius 3 is 1.30 bits per heavy atom. The van der Waals surface area contributed by atoms with E-state index in [4.69, 9.17) is 0 Å². The van der Waals surface area contributed by atoms with Crippen molar-refractivity contribution in [3.05, 3.63) is 36.0 Å². The topological polar surface area (TPSA) is 0 Å². The second-order valence-electron chi connectivity index (χ2n) is 1.04. The van der Waals surface area contributed by atoms with Crippen LogP contribution in [-0.4, -0.2) is 17.4 Å². The molecule has 0 amide bonds. The van der Waals surface area contributed by atoms with Crippen LogP contribution in [0.5, 0.6) is 0 Å². The van der Waals surface area contributed by atoms with Crippen LogP contribution in [0.3, 0.4) is 0 Å². The molecule has 0 radical (unpaired) electrons. The van der Waals surface area contributed by atoms with Crippen molar-refractivity contribution in [3.63, 3.8) is 0 Å². The fourth-order valence-corrected chi connectivity index (χ4v) is 20.3. The van der Waals surface area contributed by atoms with Gasteiger partial charge in [0, 0.05) is 0 Å². The van der Waals surface area contributed by atoms with Gasteiger partial charge >= 0.3 is 78.9 Å². The van der Waals surface area contributed by atoms with E-state index in [0.717, 1.165) is 0 Å². The van der Waals surface area contributed by atoms with Crippen molar-refractivity contribution in [2.45, 2.75) is 0 Å². The quantitative estimate of drug-likeness (QED) is 0.641. The van der Waals surface area contributed by atoms with Crippen LogP contribution in [0.15, 0.2) is 36.0 Å². The maximum atomic E-state index is 3.68. The molecule has 0 aromatic rings. The fourth-order valence-electron chi connectivity index (χ4n) is 0.257. The molecule has 0 aromatic heterocycles. The monoisotopic (exact) mass is 386 g/mol. The Morgan fingerprint density at radius 2 is 1.10 bits per heavy atom. The van der Waals surface area contributed by atoms with E-state index in [2.05, 4.69) is 19.7 Å². The zero-order valence-electron chi connectivity index (χ0n) is 5.53. The summed E-state index contributed by atoms with van der Waals surface area (Å²) in [4.78, 5) is 0. The second kappa shape index (κ2) is 8.25. The Labute approximate surface area is 78.0 Å². The fraction of sp³-hybridized carbons (Fsp3) is 0. The van der Waals surface area contributed by atoms with E-state index in [-0.39, 0.29) is 0 Å². The standard InChI is InChI=1S/3C2H4S.Bi/c3*1-2-3;/h3*2-3H,1H2;/q;;;+3/p-3. The number of hydrogen-bond acceptors (Lipinski definition) is 3. The third-order valence-electron chi connectivity index (χ3n) is 0.482. The van der Waals surface area contributed by atoms with Crippen molar-refractivity contribution in [1.29, 1.82) is 0 Å². The molecule has 0 heterocycles. The molecular weight excluding hydrogens is 377 g/mol. The summed E-state index contributed by atoms with van der Waals surface area (Å²) < 4.78 is 0. The summed E-state index contributed by atoms with van der Waals surface area (Å²) >= 11 is -1.43. The first kappa shape index (κ1) is 11.2. The van der Waals surface area contributed by atoms with Gasteiger partial charge in [0.2, 0.25) is 0 Å². The second-order valence-corrected chi connectivity index (χ2v) is 27.5. The van der Waals surface area contributed by atoms with Crippen LogP contribution in [0.25, 0.3) is 0 Å². The molecule has 0 atom stereocenters. The van der Waals surface area contributed by atoms with E-state index >= 15 is 0 Å². The van der Waals surface area contributed by atoms with E-state index in [0.29, 0.717) is 0 Å². The molecule has 0 spiro atoms. The average Bonchev–Trinajstić information content (AvgIpc) is 1.90. The predicted octanol–water partition coefficient (Wildman–Crippen LogP) is 3.60. The predicted molar refractivity (Wildman–Crippen MR) is 59.1 cm³/mol. The van der Waals surface area contributed by atoms with Crippen molar-refractivity contribution in [1.82, 2.24) is 0 Å². The van der Waals surface area contributed by atoms with Gasteiger partial charge in [-0.15, -0.1) is 0 Å². The van der Waals surface area contributed by atoms with Gasteiger partial charge in [-0.3, -0.25) is 0 Å². The molecular formula is C6H9BiS3. The van der Waals surface area contributed by atoms with Crippen LogP contribution in [0.1, 0.15) is 0 Å². The first-order chi connectivity index (χ1) is 4.85. The molecule has 0 aromatic carbocycles. The molecule has 0 aliphatic carbocycles. The normalized spacial score (nSPS) is 9.30. The summed E-state index contributed by atoms with van der Waals surface area (Å²) in [7, 11) is 5.63. The minimum atomic E-state index is -1.43. The van der Waals surface area contributed by atoms with E-state index in [9.17, 15) is 0 Å². The molecule has 10 heavy (non-hydrogen) atoms. The Kier molecular flexibility index (Phi) is 9.20. The van der Waals surface area contributed by atoms with Gasteiger partial charge in [-0.05, 0) is 0 Å². The van der Waals surface area contributed by atoms with Crippen molar-refractivity contribution in [2.75, 3.05) is 0 Å². The Bertz CT molecular complexity index is 100. The van der Waals surface area contributed by atoms with Gasteiger partial charge in [-0.2, -0.15) is 0 Å². The molecule has 0 bridgehead atoms. The van der Waals surface area contributed by atoms with Crippen LogP contribution < -0.4 is 0 Å². The van der Waals surface area contributed by atoms with Crippen molar-refractivity contribution in [3.8, 4) is 0 Å². The van der Waals surface area contributed by atoms with Gasteiger partial charge in [0.25, 0.3) is 0 Å². The van der Waals surface area contributed by atoms with Crippen LogP contribution in [0, 0.1) is 0 Å². The Balaban J connectivity index is 3.58. The van der Waals surface area contributed by atoms with Crippen LogP contribution in [0.4, 0.5) is 0 Å². The summed E-state index contributed by atoms with van der Waals surface area (Å²) in [6, 6.07) is 0. The summed E-state index contributed by atoms with van der Waals surface area (Å²) in [5.41, 5.74) is 0. The van der Waals surface area contributed by atoms with Crippen molar-refractivity contribution < 1.29 is 0 Å². The summed E-state index contributed by atoms with van der Waals surface area (Å²) in [5.74, 6) is 0. The zero-order chi connectivity index (χ0) is 7.82. The molecule has 0 saturated carbocycles. The minimum absolute atomic E-state index is 1.43. The van der Waals surface area contributed by atoms with Crippen molar-refractivity contribution >= 4 is 42.9 Å². The number of rotatable bonds is 6. The first-order valence-corrected chi connectivity index (χ1v) is 17.8. The molecule has 0 unspecified atom stereocenters. The average molecular weight is 386 g/mol. The summed E-state index contributed by atoms with van der Waals surface area (Å²) in [6.45, 7) is 11.1. The van der Waals surface area contributed by atoms with Crippen LogP contribution in [0.2, 0.25) is 0 Å². The molecule has 0 aliphatic rings. The number of hydrogen-bond donors (Lipinski definition) is 0. The molecule has 0 saturated heterocycles. The van der Waals surface area contributed by atoms with E-state index in [1.54, 1.807) is 0 Å².